The number of hydrogen-bond acceptors (Lipinski definition) is 3. The van der Waals surface area contributed by atoms with E-state index in [1.807, 2.05) is 0 Å². The molecule has 2 unspecified atom stereocenters. The van der Waals surface area contributed by atoms with Gasteiger partial charge in [0, 0.05) is 12.1 Å². The van der Waals surface area contributed by atoms with Crippen molar-refractivity contribution in [2.75, 3.05) is 32.7 Å². The predicted octanol–water partition coefficient (Wildman–Crippen LogP) is 3.15. The highest BCUT2D eigenvalue weighted by atomic mass is 15.1. The number of piperidine rings is 5. The highest BCUT2D eigenvalue weighted by Crippen LogP contribution is 2.26. The number of nitrogens with one attached hydrogen (secondary N) is 2. The van der Waals surface area contributed by atoms with Crippen LogP contribution in [0.2, 0.25) is 0 Å². The summed E-state index contributed by atoms with van der Waals surface area (Å²) in [4.78, 5) is 2.58. The molecule has 128 valence electrons. The molecule has 6 saturated heterocycles. The minimum atomic E-state index is 0.911. The van der Waals surface area contributed by atoms with Crippen molar-refractivity contribution in [3.05, 3.63) is 0 Å². The van der Waals surface area contributed by atoms with Crippen LogP contribution < -0.4 is 10.6 Å². The summed E-state index contributed by atoms with van der Waals surface area (Å²) in [5, 5.41) is 6.88. The maximum Gasteiger partial charge on any atom is 0.00702 e. The highest BCUT2D eigenvalue weighted by molar-refractivity contribution is 4.87. The first kappa shape index (κ1) is 16.7. The molecule has 0 aromatic carbocycles. The average molecular weight is 308 g/mol. The van der Waals surface area contributed by atoms with Gasteiger partial charge in [-0.25, -0.2) is 0 Å². The molecule has 3 heteroatoms. The Hall–Kier alpha value is -0.120. The zero-order valence-corrected chi connectivity index (χ0v) is 14.5. The van der Waals surface area contributed by atoms with Crippen LogP contribution in [0, 0.1) is 5.92 Å². The quantitative estimate of drug-likeness (QED) is 0.720. The van der Waals surface area contributed by atoms with Crippen LogP contribution in [0.1, 0.15) is 70.6 Å². The summed E-state index contributed by atoms with van der Waals surface area (Å²) in [7, 11) is 0. The Morgan fingerprint density at radius 3 is 1.45 bits per heavy atom. The molecule has 2 atom stereocenters. The molecule has 2 N–H and O–H groups in total. The molecule has 6 aliphatic heterocycles. The van der Waals surface area contributed by atoms with E-state index < -0.39 is 0 Å². The SMILES string of the molecule is C1CC2CCC(C1)N2.C1CCNCC1.C1CN2CCC1CC2. The van der Waals surface area contributed by atoms with Gasteiger partial charge < -0.3 is 15.5 Å². The molecule has 0 radical (unpaired) electrons. The summed E-state index contributed by atoms with van der Waals surface area (Å²) in [5.41, 5.74) is 0. The molecule has 6 rings (SSSR count). The van der Waals surface area contributed by atoms with E-state index >= 15 is 0 Å². The van der Waals surface area contributed by atoms with Crippen molar-refractivity contribution in [1.29, 1.82) is 0 Å². The van der Waals surface area contributed by atoms with Crippen LogP contribution in [0.3, 0.4) is 0 Å². The molecular weight excluding hydrogens is 270 g/mol. The molecule has 6 aliphatic rings. The van der Waals surface area contributed by atoms with E-state index in [1.165, 1.54) is 103 Å². The molecule has 0 saturated carbocycles. The number of rotatable bonds is 0. The van der Waals surface area contributed by atoms with Gasteiger partial charge in [0.05, 0.1) is 0 Å². The third kappa shape index (κ3) is 5.50. The van der Waals surface area contributed by atoms with E-state index in [2.05, 4.69) is 15.5 Å². The summed E-state index contributed by atoms with van der Waals surface area (Å²) in [6, 6.07) is 1.82. The van der Waals surface area contributed by atoms with E-state index in [9.17, 15) is 0 Å². The molecule has 4 bridgehead atoms. The zero-order chi connectivity index (χ0) is 15.0. The van der Waals surface area contributed by atoms with Crippen LogP contribution >= 0.6 is 0 Å². The van der Waals surface area contributed by atoms with Crippen LogP contribution in [0.5, 0.6) is 0 Å². The topological polar surface area (TPSA) is 27.3 Å². The normalized spacial score (nSPS) is 39.3. The van der Waals surface area contributed by atoms with Crippen LogP contribution in [0.4, 0.5) is 0 Å². The lowest BCUT2D eigenvalue weighted by atomic mass is 9.89. The van der Waals surface area contributed by atoms with Crippen molar-refractivity contribution in [1.82, 2.24) is 15.5 Å². The Morgan fingerprint density at radius 2 is 1.18 bits per heavy atom. The van der Waals surface area contributed by atoms with E-state index in [4.69, 9.17) is 0 Å². The van der Waals surface area contributed by atoms with Crippen LogP contribution in [-0.4, -0.2) is 49.7 Å². The van der Waals surface area contributed by atoms with Crippen molar-refractivity contribution in [3.63, 3.8) is 0 Å². The maximum atomic E-state index is 3.59. The molecule has 0 amide bonds. The molecular formula is C19H37N3. The standard InChI is InChI=1S/2C7H13N.C5H11N/c1-4-8-5-2-7(1)3-6-8;1-2-6-4-5-7(3-1)8-6;1-2-4-6-5-3-1/h7H,1-6H2;6-8H,1-5H2;6H,1-5H2. The number of fused-ring (bicyclic) bond motifs is 5. The summed E-state index contributed by atoms with van der Waals surface area (Å²) in [6.45, 7) is 6.68. The second-order valence-electron chi connectivity index (χ2n) is 7.95. The van der Waals surface area contributed by atoms with Crippen LogP contribution in [0.25, 0.3) is 0 Å². The number of hydrogen-bond donors (Lipinski definition) is 2. The molecule has 6 heterocycles. The first-order chi connectivity index (χ1) is 10.9. The molecule has 0 aromatic rings. The third-order valence-electron chi connectivity index (χ3n) is 6.21. The second kappa shape index (κ2) is 9.24. The van der Waals surface area contributed by atoms with Crippen molar-refractivity contribution in [3.8, 4) is 0 Å². The second-order valence-corrected chi connectivity index (χ2v) is 7.95. The van der Waals surface area contributed by atoms with Gasteiger partial charge in [0.2, 0.25) is 0 Å². The van der Waals surface area contributed by atoms with Gasteiger partial charge in [-0.1, -0.05) is 12.8 Å². The Morgan fingerprint density at radius 1 is 0.591 bits per heavy atom. The molecule has 6 fully saturated rings. The van der Waals surface area contributed by atoms with E-state index in [0.29, 0.717) is 0 Å². The van der Waals surface area contributed by atoms with Gasteiger partial charge in [0.15, 0.2) is 0 Å². The van der Waals surface area contributed by atoms with Gasteiger partial charge in [0.1, 0.15) is 0 Å². The van der Waals surface area contributed by atoms with Gasteiger partial charge in [-0.2, -0.15) is 0 Å². The summed E-state index contributed by atoms with van der Waals surface area (Å²) >= 11 is 0. The lowest BCUT2D eigenvalue weighted by Gasteiger charge is -2.38. The van der Waals surface area contributed by atoms with Gasteiger partial charge in [-0.15, -0.1) is 0 Å². The minimum absolute atomic E-state index is 0.911. The van der Waals surface area contributed by atoms with Gasteiger partial charge in [0.25, 0.3) is 0 Å². The van der Waals surface area contributed by atoms with Gasteiger partial charge in [-0.3, -0.25) is 0 Å². The monoisotopic (exact) mass is 307 g/mol. The van der Waals surface area contributed by atoms with E-state index in [1.54, 1.807) is 0 Å². The maximum absolute atomic E-state index is 3.59. The Kier molecular flexibility index (Phi) is 7.03. The predicted molar refractivity (Wildman–Crippen MR) is 94.3 cm³/mol. The van der Waals surface area contributed by atoms with Crippen LogP contribution in [-0.2, 0) is 0 Å². The summed E-state index contributed by atoms with van der Waals surface area (Å²) in [5.74, 6) is 1.11. The zero-order valence-electron chi connectivity index (χ0n) is 14.5. The molecule has 0 aromatic heterocycles. The Labute approximate surface area is 137 Å². The molecule has 0 spiro atoms. The Bertz CT molecular complexity index is 234. The summed E-state index contributed by atoms with van der Waals surface area (Å²) in [6.07, 6.45) is 15.9. The molecule has 22 heavy (non-hydrogen) atoms. The van der Waals surface area contributed by atoms with Crippen molar-refractivity contribution >= 4 is 0 Å². The first-order valence-electron chi connectivity index (χ1n) is 10.1. The molecule has 0 aliphatic carbocycles. The largest absolute Gasteiger partial charge is 0.317 e. The minimum Gasteiger partial charge on any atom is -0.317 e. The average Bonchev–Trinajstić information content (AvgIpc) is 2.97. The lowest BCUT2D eigenvalue weighted by Crippen LogP contribution is -2.41. The number of nitrogens with zero attached hydrogens (tertiary/aromatic N) is 1. The van der Waals surface area contributed by atoms with Crippen LogP contribution in [0.15, 0.2) is 0 Å². The first-order valence-corrected chi connectivity index (χ1v) is 10.1. The fourth-order valence-electron chi connectivity index (χ4n) is 4.63. The van der Waals surface area contributed by atoms with E-state index in [0.717, 1.165) is 18.0 Å². The lowest BCUT2D eigenvalue weighted by molar-refractivity contribution is 0.111. The summed E-state index contributed by atoms with van der Waals surface area (Å²) < 4.78 is 0. The van der Waals surface area contributed by atoms with Gasteiger partial charge in [-0.05, 0) is 96.4 Å². The molecule has 3 nitrogen and oxygen atoms in total. The van der Waals surface area contributed by atoms with Gasteiger partial charge >= 0.3 is 0 Å². The van der Waals surface area contributed by atoms with Crippen molar-refractivity contribution < 1.29 is 0 Å². The van der Waals surface area contributed by atoms with Crippen molar-refractivity contribution in [2.45, 2.75) is 82.7 Å². The fourth-order valence-corrected chi connectivity index (χ4v) is 4.63. The third-order valence-corrected chi connectivity index (χ3v) is 6.21. The fraction of sp³-hybridized carbons (Fsp3) is 1.00. The highest BCUT2D eigenvalue weighted by Gasteiger charge is 2.26. The Balaban J connectivity index is 0.0000000996. The smallest absolute Gasteiger partial charge is 0.00702 e. The van der Waals surface area contributed by atoms with Crippen molar-refractivity contribution in [2.24, 2.45) is 5.92 Å². The van der Waals surface area contributed by atoms with E-state index in [-0.39, 0.29) is 0 Å².